The van der Waals surface area contributed by atoms with Gasteiger partial charge in [-0.25, -0.2) is 0 Å². The number of fused-ring (bicyclic) bond motifs is 3. The van der Waals surface area contributed by atoms with Crippen LogP contribution in [0.2, 0.25) is 0 Å². The lowest BCUT2D eigenvalue weighted by Crippen LogP contribution is -2.39. The highest BCUT2D eigenvalue weighted by molar-refractivity contribution is 6.25. The molecule has 0 aromatic heterocycles. The summed E-state index contributed by atoms with van der Waals surface area (Å²) in [7, 11) is 0. The minimum atomic E-state index is -0.815. The van der Waals surface area contributed by atoms with Crippen molar-refractivity contribution in [1.82, 2.24) is 0 Å². The Balaban J connectivity index is 1.27. The average Bonchev–Trinajstić information content (AvgIpc) is 3.31. The number of non-ortho nitro benzene ring substituents is 1. The van der Waals surface area contributed by atoms with Gasteiger partial charge in [-0.15, -0.1) is 0 Å². The van der Waals surface area contributed by atoms with Gasteiger partial charge in [0.2, 0.25) is 11.8 Å². The smallest absolute Gasteiger partial charge is 0.269 e. The van der Waals surface area contributed by atoms with E-state index >= 15 is 0 Å². The first-order chi connectivity index (χ1) is 22.1. The molecule has 4 atom stereocenters. The molecule has 4 aliphatic rings. The maximum absolute atomic E-state index is 14.0. The highest BCUT2D eigenvalue weighted by Crippen LogP contribution is 2.56. The van der Waals surface area contributed by atoms with Crippen LogP contribution in [0.1, 0.15) is 36.8 Å². The molecule has 0 spiro atoms. The van der Waals surface area contributed by atoms with Crippen LogP contribution < -0.4 is 9.64 Å². The quantitative estimate of drug-likeness (QED) is 0.125. The van der Waals surface area contributed by atoms with Crippen LogP contribution in [0.3, 0.4) is 0 Å². The third-order valence-electron chi connectivity index (χ3n) is 9.44. The van der Waals surface area contributed by atoms with Gasteiger partial charge >= 0.3 is 0 Å². The van der Waals surface area contributed by atoms with E-state index in [1.54, 1.807) is 19.1 Å². The molecule has 1 aliphatic heterocycles. The van der Waals surface area contributed by atoms with E-state index < -0.39 is 40.4 Å². The molecule has 10 heteroatoms. The van der Waals surface area contributed by atoms with Crippen LogP contribution in [0.4, 0.5) is 11.4 Å². The van der Waals surface area contributed by atoms with Crippen molar-refractivity contribution < 1.29 is 33.9 Å². The minimum Gasteiger partial charge on any atom is -0.507 e. The number of anilines is 1. The number of nitro benzene ring substituents is 1. The number of benzene rings is 3. The Morgan fingerprint density at radius 1 is 0.957 bits per heavy atom. The van der Waals surface area contributed by atoms with E-state index in [-0.39, 0.29) is 59.3 Å². The number of phenols is 1. The first-order valence-electron chi connectivity index (χ1n) is 15.0. The molecule has 3 aromatic carbocycles. The summed E-state index contributed by atoms with van der Waals surface area (Å²) in [6.07, 6.45) is 3.49. The van der Waals surface area contributed by atoms with Crippen LogP contribution in [-0.2, 0) is 25.8 Å². The molecule has 0 saturated carbocycles. The average molecular weight is 617 g/mol. The van der Waals surface area contributed by atoms with Gasteiger partial charge in [0.15, 0.2) is 11.6 Å². The number of aromatic hydroxyl groups is 1. The van der Waals surface area contributed by atoms with E-state index in [0.29, 0.717) is 22.5 Å². The molecule has 1 saturated heterocycles. The van der Waals surface area contributed by atoms with Crippen LogP contribution in [0.15, 0.2) is 107 Å². The number of ether oxygens (including phenoxy) is 1. The van der Waals surface area contributed by atoms with Crippen molar-refractivity contribution in [3.63, 3.8) is 0 Å². The molecule has 230 valence electrons. The number of amides is 2. The lowest BCUT2D eigenvalue weighted by molar-refractivity contribution is -0.384. The summed E-state index contributed by atoms with van der Waals surface area (Å²) < 4.78 is 5.90. The van der Waals surface area contributed by atoms with Crippen LogP contribution >= 0.6 is 0 Å². The van der Waals surface area contributed by atoms with Gasteiger partial charge in [0.05, 0.1) is 22.4 Å². The Hall–Kier alpha value is -5.64. The molecule has 7 rings (SSSR count). The van der Waals surface area contributed by atoms with Crippen LogP contribution in [0.25, 0.3) is 0 Å². The van der Waals surface area contributed by atoms with E-state index in [4.69, 9.17) is 4.74 Å². The summed E-state index contributed by atoms with van der Waals surface area (Å²) >= 11 is 0. The lowest BCUT2D eigenvalue weighted by atomic mass is 9.59. The fraction of sp³-hybridized carbons (Fsp3) is 0.222. The molecule has 0 radical (unpaired) electrons. The molecule has 3 aromatic rings. The summed E-state index contributed by atoms with van der Waals surface area (Å²) in [5.74, 6) is -4.12. The molecule has 46 heavy (non-hydrogen) atoms. The van der Waals surface area contributed by atoms with Crippen molar-refractivity contribution in [2.24, 2.45) is 17.8 Å². The number of carbonyl (C=O) groups excluding carboxylic acids is 4. The van der Waals surface area contributed by atoms with E-state index in [1.807, 2.05) is 36.4 Å². The predicted molar refractivity (Wildman–Crippen MR) is 166 cm³/mol. The van der Waals surface area contributed by atoms with Crippen molar-refractivity contribution in [2.45, 2.75) is 32.3 Å². The van der Waals surface area contributed by atoms with Gasteiger partial charge in [0.1, 0.15) is 18.1 Å². The molecule has 10 nitrogen and oxygen atoms in total. The summed E-state index contributed by atoms with van der Waals surface area (Å²) in [5, 5.41) is 22.5. The number of carbonyl (C=O) groups is 4. The Labute approximate surface area is 263 Å². The fourth-order valence-corrected chi connectivity index (χ4v) is 7.29. The maximum Gasteiger partial charge on any atom is 0.269 e. The molecule has 1 fully saturated rings. The van der Waals surface area contributed by atoms with Gasteiger partial charge in [0, 0.05) is 46.4 Å². The number of hydrogen-bond donors (Lipinski definition) is 1. The number of nitro groups is 1. The first-order valence-corrected chi connectivity index (χ1v) is 15.0. The second kappa shape index (κ2) is 11.1. The van der Waals surface area contributed by atoms with Crippen LogP contribution in [-0.4, -0.2) is 33.4 Å². The molecule has 2 amide bonds. The molecule has 4 unspecified atom stereocenters. The first kappa shape index (κ1) is 29.1. The predicted octanol–water partition coefficient (Wildman–Crippen LogP) is 5.51. The third kappa shape index (κ3) is 4.65. The highest BCUT2D eigenvalue weighted by atomic mass is 16.6. The standard InChI is InChI=1S/C36H28N2O8/c1-19-15-29(39)28-17-27-24(13-14-26-32(27)36(43)37(35(26)42)21-7-9-22(10-8-21)38(44)45)31(33(28)34(19)41)25-12-11-23(16-30(25)40)46-18-20-5-3-2-4-6-20/h2-13,15-16,26-27,31-32,40H,14,17-18H2,1H3. The highest BCUT2D eigenvalue weighted by Gasteiger charge is 2.56. The van der Waals surface area contributed by atoms with E-state index in [2.05, 4.69) is 0 Å². The summed E-state index contributed by atoms with van der Waals surface area (Å²) in [6.45, 7) is 1.87. The van der Waals surface area contributed by atoms with Gasteiger partial charge in [-0.05, 0) is 55.5 Å². The second-order valence-corrected chi connectivity index (χ2v) is 12.0. The van der Waals surface area contributed by atoms with Crippen molar-refractivity contribution in [2.75, 3.05) is 4.90 Å². The van der Waals surface area contributed by atoms with Gasteiger partial charge in [-0.3, -0.25) is 34.2 Å². The molecule has 0 bridgehead atoms. The zero-order valence-electron chi connectivity index (χ0n) is 24.7. The number of hydrogen-bond acceptors (Lipinski definition) is 8. The molecule has 1 heterocycles. The van der Waals surface area contributed by atoms with E-state index in [1.165, 1.54) is 36.4 Å². The number of Topliss-reactive ketones (excluding diaryl/α,β-unsaturated/α-hetero) is 1. The monoisotopic (exact) mass is 616 g/mol. The molecule has 3 aliphatic carbocycles. The number of nitrogens with zero attached hydrogens (tertiary/aromatic N) is 2. The third-order valence-corrected chi connectivity index (χ3v) is 9.44. The number of phenolic OH excluding ortho intramolecular Hbond substituents is 1. The van der Waals surface area contributed by atoms with Crippen molar-refractivity contribution in [3.05, 3.63) is 128 Å². The molecular formula is C36H28N2O8. The zero-order valence-corrected chi connectivity index (χ0v) is 24.7. The molecule has 1 N–H and O–H groups in total. The summed E-state index contributed by atoms with van der Waals surface area (Å²) in [5.41, 5.74) is 2.97. The van der Waals surface area contributed by atoms with Crippen molar-refractivity contribution in [1.29, 1.82) is 0 Å². The Kier molecular flexibility index (Phi) is 7.00. The van der Waals surface area contributed by atoms with Gasteiger partial charge in [-0.2, -0.15) is 0 Å². The SMILES string of the molecule is CC1=CC(=O)C2=C(C1=O)C(c1ccc(OCc3ccccc3)cc1O)C1=CCC3C(=O)N(c4ccc([N+](=O)[O-])cc4)C(=O)C3C1C2. The number of allylic oxidation sites excluding steroid dienone is 6. The van der Waals surface area contributed by atoms with Gasteiger partial charge in [0.25, 0.3) is 5.69 Å². The lowest BCUT2D eigenvalue weighted by Gasteiger charge is -2.42. The van der Waals surface area contributed by atoms with E-state index in [9.17, 15) is 34.4 Å². The number of ketones is 2. The Morgan fingerprint density at radius 2 is 1.70 bits per heavy atom. The normalized spacial score (nSPS) is 23.8. The Bertz CT molecular complexity index is 1940. The fourth-order valence-electron chi connectivity index (χ4n) is 7.29. The topological polar surface area (TPSA) is 144 Å². The van der Waals surface area contributed by atoms with Crippen LogP contribution in [0.5, 0.6) is 11.5 Å². The van der Waals surface area contributed by atoms with Gasteiger partial charge < -0.3 is 9.84 Å². The van der Waals surface area contributed by atoms with Gasteiger partial charge in [-0.1, -0.05) is 48.0 Å². The van der Waals surface area contributed by atoms with Crippen molar-refractivity contribution in [3.8, 4) is 11.5 Å². The zero-order chi connectivity index (χ0) is 32.3. The second-order valence-electron chi connectivity index (χ2n) is 12.0. The maximum atomic E-state index is 14.0. The number of imide groups is 1. The summed E-state index contributed by atoms with van der Waals surface area (Å²) in [4.78, 5) is 66.4. The van der Waals surface area contributed by atoms with Crippen molar-refractivity contribution >= 4 is 34.8 Å². The summed E-state index contributed by atoms with van der Waals surface area (Å²) in [6, 6.07) is 19.6. The Morgan fingerprint density at radius 3 is 2.39 bits per heavy atom. The number of rotatable bonds is 6. The van der Waals surface area contributed by atoms with Crippen LogP contribution in [0, 0.1) is 27.9 Å². The molecular weight excluding hydrogens is 588 g/mol. The van der Waals surface area contributed by atoms with E-state index in [0.717, 1.165) is 10.5 Å². The minimum absolute atomic E-state index is 0.0966. The largest absolute Gasteiger partial charge is 0.507 e.